The highest BCUT2D eigenvalue weighted by Gasteiger charge is 2.12. The minimum atomic E-state index is 1.08. The number of rotatable bonds is 4. The largest absolute Gasteiger partial charge is 0.299 e. The van der Waals surface area contributed by atoms with Crippen molar-refractivity contribution in [1.29, 1.82) is 0 Å². The molecular formula is C19H21N. The Hall–Kier alpha value is -1.86. The lowest BCUT2D eigenvalue weighted by Gasteiger charge is -2.26. The summed E-state index contributed by atoms with van der Waals surface area (Å²) in [5, 5.41) is 0. The van der Waals surface area contributed by atoms with E-state index in [1.54, 1.807) is 0 Å². The van der Waals surface area contributed by atoms with E-state index in [4.69, 9.17) is 0 Å². The summed E-state index contributed by atoms with van der Waals surface area (Å²) in [6, 6.07) is 21.5. The first-order valence-corrected chi connectivity index (χ1v) is 7.42. The summed E-state index contributed by atoms with van der Waals surface area (Å²) in [6.45, 7) is 3.41. The molecule has 0 aromatic heterocycles. The smallest absolute Gasteiger partial charge is 0.0169 e. The number of nitrogens with zero attached hydrogens (tertiary/aromatic N) is 1. The number of hydrogen-bond donors (Lipinski definition) is 0. The third-order valence-electron chi connectivity index (χ3n) is 4.00. The third-order valence-corrected chi connectivity index (χ3v) is 4.00. The molecule has 0 N–H and O–H groups in total. The van der Waals surface area contributed by atoms with Gasteiger partial charge in [0.15, 0.2) is 0 Å². The maximum absolute atomic E-state index is 2.54. The van der Waals surface area contributed by atoms with Crippen LogP contribution in [0.1, 0.15) is 17.5 Å². The zero-order valence-electron chi connectivity index (χ0n) is 11.8. The van der Waals surface area contributed by atoms with Gasteiger partial charge in [0.1, 0.15) is 0 Å². The van der Waals surface area contributed by atoms with E-state index in [1.165, 1.54) is 29.7 Å². The Labute approximate surface area is 121 Å². The Kier molecular flexibility index (Phi) is 4.29. The molecule has 0 amide bonds. The molecule has 102 valence electrons. The summed E-state index contributed by atoms with van der Waals surface area (Å²) < 4.78 is 0. The highest BCUT2D eigenvalue weighted by Crippen LogP contribution is 2.21. The molecule has 0 radical (unpaired) electrons. The minimum absolute atomic E-state index is 1.08. The van der Waals surface area contributed by atoms with E-state index in [9.17, 15) is 0 Å². The third kappa shape index (κ3) is 3.37. The van der Waals surface area contributed by atoms with Crippen molar-refractivity contribution < 1.29 is 0 Å². The Morgan fingerprint density at radius 3 is 2.20 bits per heavy atom. The molecule has 1 aliphatic rings. The van der Waals surface area contributed by atoms with Crippen LogP contribution >= 0.6 is 0 Å². The van der Waals surface area contributed by atoms with Crippen molar-refractivity contribution in [2.24, 2.45) is 0 Å². The van der Waals surface area contributed by atoms with Gasteiger partial charge < -0.3 is 0 Å². The molecule has 0 fully saturated rings. The Bertz CT molecular complexity index is 557. The molecule has 0 spiro atoms. The van der Waals surface area contributed by atoms with Crippen molar-refractivity contribution in [1.82, 2.24) is 4.90 Å². The van der Waals surface area contributed by atoms with Gasteiger partial charge >= 0.3 is 0 Å². The Balaban J connectivity index is 1.54. The summed E-state index contributed by atoms with van der Waals surface area (Å²) >= 11 is 0. The molecule has 20 heavy (non-hydrogen) atoms. The number of benzene rings is 2. The molecular weight excluding hydrogens is 242 g/mol. The molecule has 0 bridgehead atoms. The summed E-state index contributed by atoms with van der Waals surface area (Å²) in [5.41, 5.74) is 4.32. The minimum Gasteiger partial charge on any atom is -0.299 e. The summed E-state index contributed by atoms with van der Waals surface area (Å²) in [6.07, 6.45) is 4.71. The van der Waals surface area contributed by atoms with Gasteiger partial charge in [-0.25, -0.2) is 0 Å². The molecule has 0 unspecified atom stereocenters. The van der Waals surface area contributed by atoms with Crippen molar-refractivity contribution in [3.05, 3.63) is 77.9 Å². The van der Waals surface area contributed by atoms with Crippen LogP contribution in [-0.4, -0.2) is 24.5 Å². The Morgan fingerprint density at radius 1 is 0.850 bits per heavy atom. The zero-order valence-corrected chi connectivity index (χ0v) is 11.8. The van der Waals surface area contributed by atoms with E-state index >= 15 is 0 Å². The van der Waals surface area contributed by atoms with Crippen LogP contribution in [0.25, 0.3) is 5.57 Å². The second-order valence-electron chi connectivity index (χ2n) is 5.38. The maximum Gasteiger partial charge on any atom is 0.0169 e. The van der Waals surface area contributed by atoms with E-state index in [0.29, 0.717) is 0 Å². The lowest BCUT2D eigenvalue weighted by Crippen LogP contribution is -2.30. The van der Waals surface area contributed by atoms with Crippen LogP contribution in [0.2, 0.25) is 0 Å². The van der Waals surface area contributed by atoms with Gasteiger partial charge in [-0.2, -0.15) is 0 Å². The first kappa shape index (κ1) is 13.1. The van der Waals surface area contributed by atoms with Gasteiger partial charge in [0.05, 0.1) is 0 Å². The van der Waals surface area contributed by atoms with Gasteiger partial charge in [-0.1, -0.05) is 66.7 Å². The molecule has 1 heterocycles. The highest BCUT2D eigenvalue weighted by atomic mass is 15.1. The molecule has 1 heteroatoms. The van der Waals surface area contributed by atoms with Gasteiger partial charge in [0.25, 0.3) is 0 Å². The predicted molar refractivity (Wildman–Crippen MR) is 85.6 cm³/mol. The van der Waals surface area contributed by atoms with E-state index in [0.717, 1.165) is 19.5 Å². The highest BCUT2D eigenvalue weighted by molar-refractivity contribution is 5.66. The van der Waals surface area contributed by atoms with Crippen LogP contribution in [0.4, 0.5) is 0 Å². The summed E-state index contributed by atoms with van der Waals surface area (Å²) in [5.74, 6) is 0. The van der Waals surface area contributed by atoms with Gasteiger partial charge in [-0.05, 0) is 29.5 Å². The molecule has 3 rings (SSSR count). The fourth-order valence-electron chi connectivity index (χ4n) is 2.76. The second-order valence-corrected chi connectivity index (χ2v) is 5.38. The number of hydrogen-bond acceptors (Lipinski definition) is 1. The predicted octanol–water partition coefficient (Wildman–Crippen LogP) is 4.02. The van der Waals surface area contributed by atoms with Crippen LogP contribution in [0.15, 0.2) is 66.7 Å². The van der Waals surface area contributed by atoms with Crippen LogP contribution < -0.4 is 0 Å². The second kappa shape index (κ2) is 6.53. The van der Waals surface area contributed by atoms with Crippen LogP contribution in [-0.2, 0) is 6.42 Å². The van der Waals surface area contributed by atoms with Crippen LogP contribution in [0.3, 0.4) is 0 Å². The molecule has 1 nitrogen and oxygen atoms in total. The molecule has 0 saturated heterocycles. The van der Waals surface area contributed by atoms with E-state index in [2.05, 4.69) is 71.6 Å². The van der Waals surface area contributed by atoms with Gasteiger partial charge in [0, 0.05) is 19.6 Å². The average molecular weight is 263 g/mol. The molecule has 0 aliphatic carbocycles. The standard InChI is InChI=1S/C19H21N/c1-3-7-17(8-4-1)11-14-20-15-12-19(13-16-20)18-9-5-2-6-10-18/h1-10,12H,11,13-16H2. The lowest BCUT2D eigenvalue weighted by atomic mass is 9.99. The monoisotopic (exact) mass is 263 g/mol. The van der Waals surface area contributed by atoms with E-state index < -0.39 is 0 Å². The molecule has 2 aromatic carbocycles. The summed E-state index contributed by atoms with van der Waals surface area (Å²) in [4.78, 5) is 2.54. The van der Waals surface area contributed by atoms with Crippen molar-refractivity contribution in [3.8, 4) is 0 Å². The normalized spacial score (nSPS) is 15.9. The molecule has 1 aliphatic heterocycles. The fourth-order valence-corrected chi connectivity index (χ4v) is 2.76. The van der Waals surface area contributed by atoms with Crippen molar-refractivity contribution in [2.45, 2.75) is 12.8 Å². The first-order valence-electron chi connectivity index (χ1n) is 7.42. The molecule has 0 saturated carbocycles. The zero-order chi connectivity index (χ0) is 13.6. The quantitative estimate of drug-likeness (QED) is 0.805. The average Bonchev–Trinajstić information content (AvgIpc) is 2.55. The van der Waals surface area contributed by atoms with Gasteiger partial charge in [0.2, 0.25) is 0 Å². The van der Waals surface area contributed by atoms with E-state index in [-0.39, 0.29) is 0 Å². The van der Waals surface area contributed by atoms with Crippen LogP contribution in [0, 0.1) is 0 Å². The Morgan fingerprint density at radius 2 is 1.55 bits per heavy atom. The van der Waals surface area contributed by atoms with E-state index in [1.807, 2.05) is 0 Å². The SMILES string of the molecule is C1=C(c2ccccc2)CCN(CCc2ccccc2)C1. The van der Waals surface area contributed by atoms with Crippen LogP contribution in [0.5, 0.6) is 0 Å². The molecule has 2 aromatic rings. The van der Waals surface area contributed by atoms with Crippen molar-refractivity contribution in [2.75, 3.05) is 19.6 Å². The first-order chi connectivity index (χ1) is 9.92. The van der Waals surface area contributed by atoms with Gasteiger partial charge in [-0.3, -0.25) is 4.90 Å². The maximum atomic E-state index is 2.54. The molecule has 0 atom stereocenters. The topological polar surface area (TPSA) is 3.24 Å². The summed E-state index contributed by atoms with van der Waals surface area (Å²) in [7, 11) is 0. The van der Waals surface area contributed by atoms with Gasteiger partial charge in [-0.15, -0.1) is 0 Å². The fraction of sp³-hybridized carbons (Fsp3) is 0.263. The van der Waals surface area contributed by atoms with Crippen molar-refractivity contribution >= 4 is 5.57 Å². The van der Waals surface area contributed by atoms with Crippen molar-refractivity contribution in [3.63, 3.8) is 0 Å². The lowest BCUT2D eigenvalue weighted by molar-refractivity contribution is 0.306.